The molecule has 1 aliphatic rings. The Hall–Kier alpha value is -1.77. The Morgan fingerprint density at radius 1 is 1.50 bits per heavy atom. The fraction of sp³-hybridized carbons (Fsp3) is 0.267. The molecule has 0 bridgehead atoms. The van der Waals surface area contributed by atoms with Gasteiger partial charge in [0.1, 0.15) is 11.6 Å². The van der Waals surface area contributed by atoms with E-state index < -0.39 is 5.83 Å². The first-order valence-corrected chi connectivity index (χ1v) is 5.96. The molecule has 1 aromatic carbocycles. The largest absolute Gasteiger partial charge is 0.253 e. The van der Waals surface area contributed by atoms with Gasteiger partial charge < -0.3 is 0 Å². The quantitative estimate of drug-likeness (QED) is 0.681. The average Bonchev–Trinajstić information content (AvgIpc) is 2.47. The molecule has 0 amide bonds. The molecule has 1 atom stereocenters. The van der Waals surface area contributed by atoms with Crippen molar-refractivity contribution in [1.82, 2.24) is 0 Å². The molecule has 94 valence electrons. The molecule has 0 aromatic heterocycles. The van der Waals surface area contributed by atoms with E-state index in [9.17, 15) is 8.78 Å². The average molecular weight is 247 g/mol. The van der Waals surface area contributed by atoms with Crippen molar-refractivity contribution in [3.63, 3.8) is 0 Å². The van der Waals surface area contributed by atoms with Crippen molar-refractivity contribution in [1.29, 1.82) is 0 Å². The van der Waals surface area contributed by atoms with Gasteiger partial charge in [0.2, 0.25) is 0 Å². The third kappa shape index (κ3) is 2.92. The standard InChI is InChI=1S/C15H15F2N/c1-10-3-5-12-9-13(17)6-8-15(12)18-14(10)7-4-11(2)16/h4,6-10H,2-3,5H2,1H3/b7-4-. The molecule has 0 fully saturated rings. The van der Waals surface area contributed by atoms with Crippen molar-refractivity contribution in [2.75, 3.05) is 0 Å². The van der Waals surface area contributed by atoms with E-state index in [1.54, 1.807) is 12.1 Å². The Morgan fingerprint density at radius 2 is 2.28 bits per heavy atom. The summed E-state index contributed by atoms with van der Waals surface area (Å²) in [7, 11) is 0. The number of aliphatic imine (C=N–C) groups is 1. The van der Waals surface area contributed by atoms with Gasteiger partial charge in [-0.25, -0.2) is 8.78 Å². The van der Waals surface area contributed by atoms with Crippen molar-refractivity contribution in [2.45, 2.75) is 19.8 Å². The van der Waals surface area contributed by atoms with Crippen molar-refractivity contribution < 1.29 is 8.78 Å². The summed E-state index contributed by atoms with van der Waals surface area (Å²) in [4.78, 5) is 4.49. The van der Waals surface area contributed by atoms with Crippen LogP contribution in [0.15, 0.2) is 47.7 Å². The maximum Gasteiger partial charge on any atom is 0.123 e. The Morgan fingerprint density at radius 3 is 3.00 bits per heavy atom. The highest BCUT2D eigenvalue weighted by molar-refractivity contribution is 5.99. The fourth-order valence-electron chi connectivity index (χ4n) is 2.01. The maximum atomic E-state index is 13.2. The Balaban J connectivity index is 2.39. The molecule has 1 nitrogen and oxygen atoms in total. The van der Waals surface area contributed by atoms with Gasteiger partial charge in [-0.15, -0.1) is 0 Å². The molecule has 0 spiro atoms. The van der Waals surface area contributed by atoms with Crippen LogP contribution in [0.2, 0.25) is 0 Å². The third-order valence-corrected chi connectivity index (χ3v) is 3.08. The second-order valence-corrected chi connectivity index (χ2v) is 4.53. The van der Waals surface area contributed by atoms with Crippen LogP contribution in [-0.4, -0.2) is 5.71 Å². The van der Waals surface area contributed by atoms with Crippen LogP contribution >= 0.6 is 0 Å². The zero-order valence-corrected chi connectivity index (χ0v) is 10.3. The zero-order valence-electron chi connectivity index (χ0n) is 10.3. The van der Waals surface area contributed by atoms with Crippen molar-refractivity contribution >= 4 is 11.4 Å². The topological polar surface area (TPSA) is 12.4 Å². The summed E-state index contributed by atoms with van der Waals surface area (Å²) in [6, 6.07) is 4.58. The summed E-state index contributed by atoms with van der Waals surface area (Å²) in [5.41, 5.74) is 2.48. The van der Waals surface area contributed by atoms with Gasteiger partial charge in [0.05, 0.1) is 5.69 Å². The predicted molar refractivity (Wildman–Crippen MR) is 70.4 cm³/mol. The molecule has 0 aliphatic carbocycles. The summed E-state index contributed by atoms with van der Waals surface area (Å²) in [6.45, 7) is 5.22. The number of nitrogens with zero attached hydrogens (tertiary/aromatic N) is 1. The minimum atomic E-state index is -0.492. The first-order valence-electron chi connectivity index (χ1n) is 5.96. The normalized spacial score (nSPS) is 19.3. The van der Waals surface area contributed by atoms with Crippen LogP contribution in [-0.2, 0) is 6.42 Å². The predicted octanol–water partition coefficient (Wildman–Crippen LogP) is 4.52. The first-order chi connectivity index (χ1) is 8.56. The number of hydrogen-bond donors (Lipinski definition) is 0. The number of hydrogen-bond acceptors (Lipinski definition) is 1. The number of fused-ring (bicyclic) bond motifs is 1. The van der Waals surface area contributed by atoms with E-state index in [2.05, 4.69) is 11.6 Å². The molecule has 1 aliphatic heterocycles. The van der Waals surface area contributed by atoms with Gasteiger partial charge in [0, 0.05) is 5.71 Å². The Bertz CT molecular complexity index is 529. The lowest BCUT2D eigenvalue weighted by molar-refractivity contribution is 0.622. The summed E-state index contributed by atoms with van der Waals surface area (Å²) in [6.07, 6.45) is 4.61. The van der Waals surface area contributed by atoms with E-state index >= 15 is 0 Å². The molecule has 1 aromatic rings. The van der Waals surface area contributed by atoms with E-state index in [1.165, 1.54) is 18.2 Å². The summed E-state index contributed by atoms with van der Waals surface area (Å²) < 4.78 is 25.8. The summed E-state index contributed by atoms with van der Waals surface area (Å²) >= 11 is 0. The van der Waals surface area contributed by atoms with E-state index in [0.717, 1.165) is 29.8 Å². The second kappa shape index (κ2) is 5.25. The van der Waals surface area contributed by atoms with Crippen molar-refractivity contribution in [3.05, 3.63) is 54.1 Å². The Labute approximate surface area is 106 Å². The molecule has 3 heteroatoms. The monoisotopic (exact) mass is 247 g/mol. The molecule has 1 unspecified atom stereocenters. The van der Waals surface area contributed by atoms with E-state index in [4.69, 9.17) is 0 Å². The molecule has 0 N–H and O–H groups in total. The van der Waals surface area contributed by atoms with Gasteiger partial charge in [-0.3, -0.25) is 4.99 Å². The molecule has 0 saturated carbocycles. The zero-order chi connectivity index (χ0) is 13.1. The highest BCUT2D eigenvalue weighted by atomic mass is 19.1. The van der Waals surface area contributed by atoms with Gasteiger partial charge >= 0.3 is 0 Å². The van der Waals surface area contributed by atoms with Gasteiger partial charge in [0.25, 0.3) is 0 Å². The van der Waals surface area contributed by atoms with Gasteiger partial charge in [-0.1, -0.05) is 13.5 Å². The lowest BCUT2D eigenvalue weighted by Crippen LogP contribution is -2.07. The van der Waals surface area contributed by atoms with Gasteiger partial charge in [-0.2, -0.15) is 0 Å². The van der Waals surface area contributed by atoms with E-state index in [0.29, 0.717) is 0 Å². The van der Waals surface area contributed by atoms with Gasteiger partial charge in [-0.05, 0) is 54.7 Å². The molecule has 0 radical (unpaired) electrons. The fourth-order valence-corrected chi connectivity index (χ4v) is 2.01. The highest BCUT2D eigenvalue weighted by Gasteiger charge is 2.15. The van der Waals surface area contributed by atoms with Crippen LogP contribution in [0, 0.1) is 11.7 Å². The molecule has 0 saturated heterocycles. The molecule has 2 rings (SSSR count). The number of halogens is 2. The molecular weight excluding hydrogens is 232 g/mol. The summed E-state index contributed by atoms with van der Waals surface area (Å²) in [5.74, 6) is -0.516. The minimum absolute atomic E-state index is 0.219. The number of benzene rings is 1. The third-order valence-electron chi connectivity index (χ3n) is 3.08. The number of rotatable bonds is 2. The SMILES string of the molecule is C=C(F)/C=C\C1=Nc2ccc(F)cc2CCC1C. The molecule has 18 heavy (non-hydrogen) atoms. The van der Waals surface area contributed by atoms with Crippen LogP contribution in [0.5, 0.6) is 0 Å². The lowest BCUT2D eigenvalue weighted by atomic mass is 9.98. The second-order valence-electron chi connectivity index (χ2n) is 4.53. The van der Waals surface area contributed by atoms with Crippen LogP contribution < -0.4 is 0 Å². The number of allylic oxidation sites excluding steroid dienone is 3. The molecule has 1 heterocycles. The van der Waals surface area contributed by atoms with E-state index in [1.807, 2.05) is 6.92 Å². The summed E-state index contributed by atoms with van der Waals surface area (Å²) in [5, 5.41) is 0. The smallest absolute Gasteiger partial charge is 0.123 e. The van der Waals surface area contributed by atoms with E-state index in [-0.39, 0.29) is 11.7 Å². The van der Waals surface area contributed by atoms with Crippen molar-refractivity contribution in [2.24, 2.45) is 10.9 Å². The van der Waals surface area contributed by atoms with Crippen LogP contribution in [0.25, 0.3) is 0 Å². The van der Waals surface area contributed by atoms with Crippen LogP contribution in [0.3, 0.4) is 0 Å². The van der Waals surface area contributed by atoms with Gasteiger partial charge in [0.15, 0.2) is 0 Å². The van der Waals surface area contributed by atoms with Crippen LogP contribution in [0.1, 0.15) is 18.9 Å². The molecular formula is C15H15F2N. The first kappa shape index (κ1) is 12.7. The minimum Gasteiger partial charge on any atom is -0.253 e. The maximum absolute atomic E-state index is 13.2. The Kier molecular flexibility index (Phi) is 3.70. The van der Waals surface area contributed by atoms with Crippen molar-refractivity contribution in [3.8, 4) is 0 Å². The highest BCUT2D eigenvalue weighted by Crippen LogP contribution is 2.28. The van der Waals surface area contributed by atoms with Crippen LogP contribution in [0.4, 0.5) is 14.5 Å². The number of aryl methyl sites for hydroxylation is 1. The lowest BCUT2D eigenvalue weighted by Gasteiger charge is -2.07.